The van der Waals surface area contributed by atoms with Gasteiger partial charge in [-0.2, -0.15) is 0 Å². The van der Waals surface area contributed by atoms with Crippen LogP contribution in [0.25, 0.3) is 0 Å². The molecule has 5 heteroatoms. The van der Waals surface area contributed by atoms with Gasteiger partial charge in [0, 0.05) is 6.92 Å². The minimum absolute atomic E-state index is 0.448. The highest BCUT2D eigenvalue weighted by Gasteiger charge is 2.28. The smallest absolute Gasteiger partial charge is 0.329 e. The minimum atomic E-state index is -1.33. The highest BCUT2D eigenvalue weighted by atomic mass is 16.4. The molecule has 0 spiro atoms. The van der Waals surface area contributed by atoms with Crippen LogP contribution in [-0.2, 0) is 9.59 Å². The summed E-state index contributed by atoms with van der Waals surface area (Å²) in [6, 6.07) is 6.99. The van der Waals surface area contributed by atoms with Crippen molar-refractivity contribution in [2.24, 2.45) is 0 Å². The number of amides is 1. The number of carboxylic acid groups (broad SMARTS) is 1. The largest absolute Gasteiger partial charge is 0.480 e. The van der Waals surface area contributed by atoms with E-state index in [1.54, 1.807) is 30.3 Å². The molecule has 0 aliphatic rings. The van der Waals surface area contributed by atoms with Gasteiger partial charge in [0.15, 0.2) is 6.04 Å². The summed E-state index contributed by atoms with van der Waals surface area (Å²) in [5.41, 5.74) is 0.448. The summed E-state index contributed by atoms with van der Waals surface area (Å²) < 4.78 is 0. The van der Waals surface area contributed by atoms with Crippen LogP contribution in [0, 0.1) is 0 Å². The number of carboxylic acids is 1. The maximum atomic E-state index is 10.9. The Morgan fingerprint density at radius 1 is 1.25 bits per heavy atom. The number of carbonyl (C=O) groups excluding carboxylic acids is 1. The number of rotatable bonds is 4. The van der Waals surface area contributed by atoms with Crippen LogP contribution in [0.5, 0.6) is 0 Å². The molecule has 3 N–H and O–H groups in total. The lowest BCUT2D eigenvalue weighted by Crippen LogP contribution is -2.44. The van der Waals surface area contributed by atoms with Gasteiger partial charge in [-0.25, -0.2) is 4.79 Å². The molecular formula is C11H13NO4. The molecule has 0 aromatic heterocycles. The zero-order valence-electron chi connectivity index (χ0n) is 8.75. The number of benzene rings is 1. The van der Waals surface area contributed by atoms with Crippen LogP contribution in [0.2, 0.25) is 0 Å². The fourth-order valence-corrected chi connectivity index (χ4v) is 1.34. The van der Waals surface area contributed by atoms with Crippen molar-refractivity contribution in [3.8, 4) is 0 Å². The van der Waals surface area contributed by atoms with E-state index >= 15 is 0 Å². The van der Waals surface area contributed by atoms with Crippen LogP contribution < -0.4 is 5.32 Å². The molecule has 1 aromatic carbocycles. The van der Waals surface area contributed by atoms with Gasteiger partial charge < -0.3 is 15.5 Å². The molecular weight excluding hydrogens is 210 g/mol. The van der Waals surface area contributed by atoms with Crippen molar-refractivity contribution in [2.45, 2.75) is 19.1 Å². The van der Waals surface area contributed by atoms with Crippen molar-refractivity contribution in [2.75, 3.05) is 0 Å². The van der Waals surface area contributed by atoms with Crippen molar-refractivity contribution >= 4 is 11.9 Å². The molecule has 1 rings (SSSR count). The van der Waals surface area contributed by atoms with E-state index in [0.29, 0.717) is 5.56 Å². The van der Waals surface area contributed by atoms with Gasteiger partial charge in [0.05, 0.1) is 0 Å². The highest BCUT2D eigenvalue weighted by Crippen LogP contribution is 2.16. The Bertz CT molecular complexity index is 377. The number of aliphatic hydroxyl groups is 1. The van der Waals surface area contributed by atoms with E-state index in [-0.39, 0.29) is 0 Å². The van der Waals surface area contributed by atoms with Gasteiger partial charge in [-0.15, -0.1) is 0 Å². The number of hydrogen-bond acceptors (Lipinski definition) is 3. The molecule has 0 bridgehead atoms. The fraction of sp³-hybridized carbons (Fsp3) is 0.273. The molecule has 16 heavy (non-hydrogen) atoms. The Balaban J connectivity index is 2.87. The third kappa shape index (κ3) is 3.06. The van der Waals surface area contributed by atoms with E-state index in [2.05, 4.69) is 5.32 Å². The normalized spacial score (nSPS) is 13.9. The summed E-state index contributed by atoms with van der Waals surface area (Å²) in [5.74, 6) is -1.77. The van der Waals surface area contributed by atoms with E-state index in [1.807, 2.05) is 0 Å². The second-order valence-corrected chi connectivity index (χ2v) is 3.37. The Labute approximate surface area is 92.7 Å². The predicted molar refractivity (Wildman–Crippen MR) is 56.6 cm³/mol. The Hall–Kier alpha value is -1.88. The fourth-order valence-electron chi connectivity index (χ4n) is 1.34. The standard InChI is InChI=1S/C11H13NO4/c1-7(13)12-9(11(15)16)10(14)8-5-3-2-4-6-8/h2-6,9-10,14H,1H3,(H,12,13)(H,15,16)/t9-,10?/m0/s1. The number of aliphatic hydroxyl groups excluding tert-OH is 1. The van der Waals surface area contributed by atoms with Crippen molar-refractivity contribution in [1.29, 1.82) is 0 Å². The number of carbonyl (C=O) groups is 2. The van der Waals surface area contributed by atoms with Gasteiger partial charge >= 0.3 is 5.97 Å². The van der Waals surface area contributed by atoms with Crippen LogP contribution in [0.4, 0.5) is 0 Å². The van der Waals surface area contributed by atoms with Crippen LogP contribution in [0.15, 0.2) is 30.3 Å². The van der Waals surface area contributed by atoms with Gasteiger partial charge in [0.25, 0.3) is 0 Å². The van der Waals surface area contributed by atoms with Gasteiger partial charge in [-0.3, -0.25) is 4.79 Å². The molecule has 0 saturated heterocycles. The number of hydrogen-bond donors (Lipinski definition) is 3. The first-order valence-electron chi connectivity index (χ1n) is 4.75. The molecule has 0 fully saturated rings. The SMILES string of the molecule is CC(=O)N[C@H](C(=O)O)C(O)c1ccccc1. The molecule has 5 nitrogen and oxygen atoms in total. The van der Waals surface area contributed by atoms with Crippen molar-refractivity contribution in [1.82, 2.24) is 5.32 Å². The minimum Gasteiger partial charge on any atom is -0.480 e. The lowest BCUT2D eigenvalue weighted by atomic mass is 10.0. The van der Waals surface area contributed by atoms with Crippen molar-refractivity contribution in [3.05, 3.63) is 35.9 Å². The van der Waals surface area contributed by atoms with Gasteiger partial charge in [0.1, 0.15) is 6.10 Å². The molecule has 2 atom stereocenters. The maximum absolute atomic E-state index is 10.9. The molecule has 0 aliphatic carbocycles. The van der Waals surface area contributed by atoms with E-state index in [4.69, 9.17) is 5.11 Å². The molecule has 1 unspecified atom stereocenters. The van der Waals surface area contributed by atoms with Crippen molar-refractivity contribution in [3.63, 3.8) is 0 Å². The Morgan fingerprint density at radius 2 is 1.81 bits per heavy atom. The summed E-state index contributed by atoms with van der Waals surface area (Å²) >= 11 is 0. The lowest BCUT2D eigenvalue weighted by molar-refractivity contribution is -0.145. The summed E-state index contributed by atoms with van der Waals surface area (Å²) in [6.45, 7) is 1.20. The first kappa shape index (κ1) is 12.2. The van der Waals surface area contributed by atoms with Crippen LogP contribution in [0.1, 0.15) is 18.6 Å². The third-order valence-electron chi connectivity index (χ3n) is 2.08. The monoisotopic (exact) mass is 223 g/mol. The summed E-state index contributed by atoms with van der Waals surface area (Å²) in [7, 11) is 0. The Morgan fingerprint density at radius 3 is 2.25 bits per heavy atom. The summed E-state index contributed by atoms with van der Waals surface area (Å²) in [6.07, 6.45) is -1.26. The van der Waals surface area contributed by atoms with Gasteiger partial charge in [0.2, 0.25) is 5.91 Å². The summed E-state index contributed by atoms with van der Waals surface area (Å²) in [4.78, 5) is 21.7. The second-order valence-electron chi connectivity index (χ2n) is 3.37. The Kier molecular flexibility index (Phi) is 4.02. The first-order chi connectivity index (χ1) is 7.52. The highest BCUT2D eigenvalue weighted by molar-refractivity contribution is 5.82. The average Bonchev–Trinajstić information content (AvgIpc) is 2.25. The molecule has 0 aliphatic heterocycles. The molecule has 0 heterocycles. The first-order valence-corrected chi connectivity index (χ1v) is 4.75. The zero-order valence-corrected chi connectivity index (χ0v) is 8.75. The second kappa shape index (κ2) is 5.27. The van der Waals surface area contributed by atoms with Crippen LogP contribution >= 0.6 is 0 Å². The quantitative estimate of drug-likeness (QED) is 0.685. The maximum Gasteiger partial charge on any atom is 0.329 e. The third-order valence-corrected chi connectivity index (χ3v) is 2.08. The predicted octanol–water partition coefficient (Wildman–Crippen LogP) is 0.309. The van der Waals surface area contributed by atoms with Crippen molar-refractivity contribution < 1.29 is 19.8 Å². The number of aliphatic carboxylic acids is 1. The van der Waals surface area contributed by atoms with Gasteiger partial charge in [-0.05, 0) is 5.56 Å². The molecule has 86 valence electrons. The van der Waals surface area contributed by atoms with E-state index in [9.17, 15) is 14.7 Å². The van der Waals surface area contributed by atoms with Crippen LogP contribution in [0.3, 0.4) is 0 Å². The lowest BCUT2D eigenvalue weighted by Gasteiger charge is -2.19. The molecule has 0 saturated carbocycles. The molecule has 0 radical (unpaired) electrons. The van der Waals surface area contributed by atoms with E-state index < -0.39 is 24.0 Å². The number of nitrogens with one attached hydrogen (secondary N) is 1. The van der Waals surface area contributed by atoms with E-state index in [1.165, 1.54) is 6.92 Å². The van der Waals surface area contributed by atoms with E-state index in [0.717, 1.165) is 0 Å². The molecule has 1 aromatic rings. The molecule has 1 amide bonds. The van der Waals surface area contributed by atoms with Gasteiger partial charge in [-0.1, -0.05) is 30.3 Å². The zero-order chi connectivity index (χ0) is 12.1. The topological polar surface area (TPSA) is 86.6 Å². The summed E-state index contributed by atoms with van der Waals surface area (Å²) in [5, 5.41) is 20.9. The van der Waals surface area contributed by atoms with Crippen LogP contribution in [-0.4, -0.2) is 28.1 Å². The average molecular weight is 223 g/mol.